The van der Waals surface area contributed by atoms with Crippen molar-refractivity contribution in [2.45, 2.75) is 44.4 Å². The maximum atomic E-state index is 11.8. The van der Waals surface area contributed by atoms with E-state index in [1.54, 1.807) is 31.3 Å². The first kappa shape index (κ1) is 22.9. The zero-order chi connectivity index (χ0) is 22.4. The summed E-state index contributed by atoms with van der Waals surface area (Å²) < 4.78 is 37.7. The van der Waals surface area contributed by atoms with Crippen LogP contribution in [0.15, 0.2) is 46.3 Å². The maximum Gasteiger partial charge on any atom is 0.240 e. The Kier molecular flexibility index (Phi) is 7.40. The molecule has 0 aliphatic carbocycles. The molecule has 9 heteroatoms. The molecule has 2 aromatic rings. The molecule has 0 saturated carbocycles. The van der Waals surface area contributed by atoms with Crippen LogP contribution in [0.5, 0.6) is 11.5 Å². The molecule has 31 heavy (non-hydrogen) atoms. The van der Waals surface area contributed by atoms with Gasteiger partial charge in [-0.25, -0.2) is 13.1 Å². The third-order valence-electron chi connectivity index (χ3n) is 5.01. The van der Waals surface area contributed by atoms with E-state index in [1.165, 1.54) is 12.6 Å². The van der Waals surface area contributed by atoms with Crippen LogP contribution in [0.3, 0.4) is 0 Å². The highest BCUT2D eigenvalue weighted by atomic mass is 32.2. The Morgan fingerprint density at radius 2 is 1.90 bits per heavy atom. The van der Waals surface area contributed by atoms with Gasteiger partial charge in [-0.15, -0.1) is 0 Å². The van der Waals surface area contributed by atoms with E-state index in [0.717, 1.165) is 29.0 Å². The average molecular weight is 447 g/mol. The monoisotopic (exact) mass is 446 g/mol. The van der Waals surface area contributed by atoms with E-state index in [1.807, 2.05) is 13.0 Å². The first-order valence-electron chi connectivity index (χ1n) is 10.3. The molecule has 1 atom stereocenters. The van der Waals surface area contributed by atoms with E-state index in [4.69, 9.17) is 9.47 Å². The lowest BCUT2D eigenvalue weighted by atomic mass is 10.1. The van der Waals surface area contributed by atoms with Crippen LogP contribution in [0.1, 0.15) is 30.5 Å². The lowest BCUT2D eigenvalue weighted by molar-refractivity contribution is 0.254. The summed E-state index contributed by atoms with van der Waals surface area (Å²) in [7, 11) is -0.338. The van der Waals surface area contributed by atoms with Crippen molar-refractivity contribution in [2.24, 2.45) is 4.99 Å². The number of nitrogens with one attached hydrogen (secondary N) is 3. The van der Waals surface area contributed by atoms with Gasteiger partial charge in [0.05, 0.1) is 11.5 Å². The quantitative estimate of drug-likeness (QED) is 0.425. The van der Waals surface area contributed by atoms with E-state index in [2.05, 4.69) is 33.3 Å². The van der Waals surface area contributed by atoms with Crippen molar-refractivity contribution < 1.29 is 17.9 Å². The molecule has 0 fully saturated rings. The number of benzene rings is 2. The number of aliphatic imine (C=N–C) groups is 1. The molecular weight excluding hydrogens is 416 g/mol. The van der Waals surface area contributed by atoms with Crippen molar-refractivity contribution in [2.75, 3.05) is 20.7 Å². The number of fused-ring (bicyclic) bond motifs is 1. The highest BCUT2D eigenvalue weighted by Crippen LogP contribution is 2.35. The number of guanidine groups is 1. The summed E-state index contributed by atoms with van der Waals surface area (Å²) in [5.74, 6) is 2.39. The smallest absolute Gasteiger partial charge is 0.240 e. The van der Waals surface area contributed by atoms with Crippen LogP contribution in [0.25, 0.3) is 0 Å². The molecule has 1 heterocycles. The Hall–Kier alpha value is -2.78. The van der Waals surface area contributed by atoms with Crippen LogP contribution in [-0.2, 0) is 29.5 Å². The van der Waals surface area contributed by atoms with Crippen LogP contribution >= 0.6 is 0 Å². The molecule has 1 aliphatic rings. The van der Waals surface area contributed by atoms with Crippen LogP contribution in [0.4, 0.5) is 0 Å². The predicted molar refractivity (Wildman–Crippen MR) is 121 cm³/mol. The largest absolute Gasteiger partial charge is 0.494 e. The average Bonchev–Trinajstić information content (AvgIpc) is 3.13. The molecule has 0 amide bonds. The van der Waals surface area contributed by atoms with Crippen LogP contribution in [0, 0.1) is 0 Å². The lowest BCUT2D eigenvalue weighted by Gasteiger charge is -2.16. The normalized spacial score (nSPS) is 15.9. The molecule has 2 aromatic carbocycles. The minimum absolute atomic E-state index is 0.177. The van der Waals surface area contributed by atoms with Crippen molar-refractivity contribution >= 4 is 16.0 Å². The SMILES string of the molecule is CCOc1cc2c(cc1CNC(=NC)NCc1ccc(S(=O)(=O)NC)cc1)OC(C)C2. The minimum Gasteiger partial charge on any atom is -0.494 e. The summed E-state index contributed by atoms with van der Waals surface area (Å²) in [6.45, 7) is 5.65. The van der Waals surface area contributed by atoms with E-state index >= 15 is 0 Å². The summed E-state index contributed by atoms with van der Waals surface area (Å²) >= 11 is 0. The standard InChI is InChI=1S/C22H30N4O4S/c1-5-29-20-11-17-10-15(2)30-21(17)12-18(20)14-26-22(23-3)25-13-16-6-8-19(9-7-16)31(27,28)24-4/h6-9,11-12,15,24H,5,10,13-14H2,1-4H3,(H2,23,25,26). The van der Waals surface area contributed by atoms with Crippen molar-refractivity contribution in [3.05, 3.63) is 53.1 Å². The maximum absolute atomic E-state index is 11.8. The third kappa shape index (κ3) is 5.68. The highest BCUT2D eigenvalue weighted by Gasteiger charge is 2.22. The van der Waals surface area contributed by atoms with Gasteiger partial charge >= 0.3 is 0 Å². The molecule has 3 rings (SSSR count). The lowest BCUT2D eigenvalue weighted by Crippen LogP contribution is -2.36. The number of nitrogens with zero attached hydrogens (tertiary/aromatic N) is 1. The summed E-state index contributed by atoms with van der Waals surface area (Å²) in [4.78, 5) is 4.50. The fourth-order valence-electron chi connectivity index (χ4n) is 3.40. The minimum atomic E-state index is -3.44. The van der Waals surface area contributed by atoms with E-state index < -0.39 is 10.0 Å². The van der Waals surface area contributed by atoms with E-state index in [9.17, 15) is 8.42 Å². The number of ether oxygens (including phenoxy) is 2. The zero-order valence-corrected chi connectivity index (χ0v) is 19.2. The fourth-order valence-corrected chi connectivity index (χ4v) is 4.13. The second kappa shape index (κ2) is 10.0. The number of hydrogen-bond donors (Lipinski definition) is 3. The molecule has 1 aliphatic heterocycles. The van der Waals surface area contributed by atoms with Crippen molar-refractivity contribution in [3.8, 4) is 11.5 Å². The van der Waals surface area contributed by atoms with Gasteiger partial charge in [-0.2, -0.15) is 0 Å². The van der Waals surface area contributed by atoms with Crippen LogP contribution in [-0.4, -0.2) is 41.2 Å². The van der Waals surface area contributed by atoms with Gasteiger partial charge in [0.15, 0.2) is 5.96 Å². The number of hydrogen-bond acceptors (Lipinski definition) is 5. The second-order valence-corrected chi connectivity index (χ2v) is 9.15. The zero-order valence-electron chi connectivity index (χ0n) is 18.4. The van der Waals surface area contributed by atoms with Crippen molar-refractivity contribution in [1.82, 2.24) is 15.4 Å². The first-order valence-corrected chi connectivity index (χ1v) is 11.8. The number of sulfonamides is 1. The molecule has 168 valence electrons. The van der Waals surface area contributed by atoms with Crippen LogP contribution in [0.2, 0.25) is 0 Å². The van der Waals surface area contributed by atoms with E-state index in [0.29, 0.717) is 25.7 Å². The van der Waals surface area contributed by atoms with Gasteiger partial charge in [0.2, 0.25) is 10.0 Å². The highest BCUT2D eigenvalue weighted by molar-refractivity contribution is 7.89. The molecule has 3 N–H and O–H groups in total. The Balaban J connectivity index is 1.62. The fraction of sp³-hybridized carbons (Fsp3) is 0.409. The van der Waals surface area contributed by atoms with Gasteiger partial charge in [0.1, 0.15) is 17.6 Å². The Morgan fingerprint density at radius 1 is 1.19 bits per heavy atom. The predicted octanol–water partition coefficient (Wildman–Crippen LogP) is 2.18. The first-order chi connectivity index (χ1) is 14.9. The Labute approximate surface area is 184 Å². The Morgan fingerprint density at radius 3 is 2.55 bits per heavy atom. The summed E-state index contributed by atoms with van der Waals surface area (Å²) in [5.41, 5.74) is 3.11. The van der Waals surface area contributed by atoms with Crippen LogP contribution < -0.4 is 24.8 Å². The molecule has 0 aromatic heterocycles. The van der Waals surface area contributed by atoms with Gasteiger partial charge in [-0.05, 0) is 50.7 Å². The van der Waals surface area contributed by atoms with Gasteiger partial charge in [0, 0.05) is 37.7 Å². The van der Waals surface area contributed by atoms with Crippen molar-refractivity contribution in [1.29, 1.82) is 0 Å². The third-order valence-corrected chi connectivity index (χ3v) is 6.44. The molecule has 0 radical (unpaired) electrons. The molecule has 0 saturated heterocycles. The molecule has 8 nitrogen and oxygen atoms in total. The van der Waals surface area contributed by atoms with Gasteiger partial charge in [0.25, 0.3) is 0 Å². The molecular formula is C22H30N4O4S. The Bertz CT molecular complexity index is 1040. The van der Waals surface area contributed by atoms with Gasteiger partial charge in [-0.3, -0.25) is 4.99 Å². The van der Waals surface area contributed by atoms with Crippen molar-refractivity contribution in [3.63, 3.8) is 0 Å². The summed E-state index contributed by atoms with van der Waals surface area (Å²) in [5, 5.41) is 6.54. The second-order valence-electron chi connectivity index (χ2n) is 7.26. The summed E-state index contributed by atoms with van der Waals surface area (Å²) in [6, 6.07) is 10.8. The van der Waals surface area contributed by atoms with Gasteiger partial charge < -0.3 is 20.1 Å². The summed E-state index contributed by atoms with van der Waals surface area (Å²) in [6.07, 6.45) is 1.07. The van der Waals surface area contributed by atoms with E-state index in [-0.39, 0.29) is 11.0 Å². The number of rotatable bonds is 8. The molecule has 1 unspecified atom stereocenters. The molecule has 0 bridgehead atoms. The molecule has 0 spiro atoms. The topological polar surface area (TPSA) is 101 Å². The van der Waals surface area contributed by atoms with Gasteiger partial charge in [-0.1, -0.05) is 12.1 Å².